The Morgan fingerprint density at radius 1 is 1.26 bits per heavy atom. The van der Waals surface area contributed by atoms with Crippen LogP contribution in [-0.2, 0) is 6.18 Å². The topological polar surface area (TPSA) is 12.0 Å². The van der Waals surface area contributed by atoms with Gasteiger partial charge in [-0.05, 0) is 36.8 Å². The van der Waals surface area contributed by atoms with E-state index in [0.717, 1.165) is 18.9 Å². The van der Waals surface area contributed by atoms with Crippen molar-refractivity contribution in [3.63, 3.8) is 0 Å². The number of nitrogens with one attached hydrogen (secondary N) is 1. The first-order chi connectivity index (χ1) is 8.79. The van der Waals surface area contributed by atoms with Crippen LogP contribution in [0.3, 0.4) is 0 Å². The molecule has 106 valence electrons. The number of alkyl halides is 3. The highest BCUT2D eigenvalue weighted by molar-refractivity contribution is 6.33. The summed E-state index contributed by atoms with van der Waals surface area (Å²) in [4.78, 5) is 0. The van der Waals surface area contributed by atoms with Crippen LogP contribution < -0.4 is 5.32 Å². The molecule has 1 aromatic rings. The molecule has 1 fully saturated rings. The Morgan fingerprint density at radius 2 is 1.89 bits per heavy atom. The van der Waals surface area contributed by atoms with Crippen LogP contribution in [-0.4, -0.2) is 6.04 Å². The van der Waals surface area contributed by atoms with E-state index in [0.29, 0.717) is 11.8 Å². The summed E-state index contributed by atoms with van der Waals surface area (Å²) >= 11 is 5.90. The number of hydrogen-bond donors (Lipinski definition) is 1. The molecule has 1 saturated carbocycles. The molecule has 1 N–H and O–H groups in total. The highest BCUT2D eigenvalue weighted by atomic mass is 35.5. The molecule has 0 unspecified atom stereocenters. The normalized spacial score (nSPS) is 23.3. The maximum absolute atomic E-state index is 12.9. The molecule has 0 spiro atoms. The van der Waals surface area contributed by atoms with Crippen LogP contribution in [0.4, 0.5) is 18.9 Å². The lowest BCUT2D eigenvalue weighted by atomic mass is 9.73. The van der Waals surface area contributed by atoms with Gasteiger partial charge in [-0.1, -0.05) is 31.5 Å². The van der Waals surface area contributed by atoms with Gasteiger partial charge in [0.25, 0.3) is 0 Å². The van der Waals surface area contributed by atoms with Crippen molar-refractivity contribution in [2.75, 3.05) is 5.32 Å². The van der Waals surface area contributed by atoms with E-state index >= 15 is 0 Å². The molecule has 0 aromatic heterocycles. The summed E-state index contributed by atoms with van der Waals surface area (Å²) in [6, 6.07) is 3.96. The summed E-state index contributed by atoms with van der Waals surface area (Å²) in [5.41, 5.74) is -0.670. The van der Waals surface area contributed by atoms with Crippen molar-refractivity contribution in [1.82, 2.24) is 0 Å². The first-order valence-corrected chi connectivity index (χ1v) is 6.79. The summed E-state index contributed by atoms with van der Waals surface area (Å²) in [6.45, 7) is 4.27. The van der Waals surface area contributed by atoms with Gasteiger partial charge in [-0.25, -0.2) is 0 Å². The molecule has 5 heteroatoms. The number of hydrogen-bond acceptors (Lipinski definition) is 1. The third kappa shape index (κ3) is 3.16. The number of benzene rings is 1. The maximum Gasteiger partial charge on any atom is 0.418 e. The Balaban J connectivity index is 2.13. The summed E-state index contributed by atoms with van der Waals surface area (Å²) in [7, 11) is 0. The van der Waals surface area contributed by atoms with Gasteiger partial charge >= 0.3 is 6.18 Å². The minimum absolute atomic E-state index is 0.0175. The molecule has 0 amide bonds. The molecule has 1 nitrogen and oxygen atoms in total. The third-order valence-electron chi connectivity index (χ3n) is 3.78. The van der Waals surface area contributed by atoms with Crippen LogP contribution >= 0.6 is 11.6 Å². The van der Waals surface area contributed by atoms with Crippen molar-refractivity contribution in [1.29, 1.82) is 0 Å². The van der Waals surface area contributed by atoms with Crippen LogP contribution in [0.1, 0.15) is 32.3 Å². The second-order valence-corrected chi connectivity index (χ2v) is 5.88. The minimum atomic E-state index is -4.38. The fourth-order valence-corrected chi connectivity index (χ4v) is 2.66. The van der Waals surface area contributed by atoms with E-state index in [1.54, 1.807) is 0 Å². The Kier molecular flexibility index (Phi) is 4.00. The lowest BCUT2D eigenvalue weighted by molar-refractivity contribution is -0.137. The Hall–Kier alpha value is -0.900. The van der Waals surface area contributed by atoms with E-state index in [-0.39, 0.29) is 16.8 Å². The number of halogens is 4. The SMILES string of the molecule is CC(C)C1CC(Nc2c(Cl)cccc2C(F)(F)F)C1. The number of anilines is 1. The van der Waals surface area contributed by atoms with Gasteiger partial charge in [-0.3, -0.25) is 0 Å². The monoisotopic (exact) mass is 291 g/mol. The molecule has 0 bridgehead atoms. The van der Waals surface area contributed by atoms with Crippen molar-refractivity contribution in [2.45, 2.75) is 38.9 Å². The average molecular weight is 292 g/mol. The van der Waals surface area contributed by atoms with Crippen molar-refractivity contribution in [2.24, 2.45) is 11.8 Å². The Labute approximate surface area is 116 Å². The average Bonchev–Trinajstić information content (AvgIpc) is 2.22. The van der Waals surface area contributed by atoms with E-state index in [9.17, 15) is 13.2 Å². The van der Waals surface area contributed by atoms with Gasteiger partial charge in [0.2, 0.25) is 0 Å². The molecule has 0 radical (unpaired) electrons. The third-order valence-corrected chi connectivity index (χ3v) is 4.10. The molecule has 0 saturated heterocycles. The quantitative estimate of drug-likeness (QED) is 0.806. The number of rotatable bonds is 3. The molecule has 0 atom stereocenters. The maximum atomic E-state index is 12.9. The summed E-state index contributed by atoms with van der Waals surface area (Å²) < 4.78 is 38.7. The zero-order valence-corrected chi connectivity index (χ0v) is 11.6. The Morgan fingerprint density at radius 3 is 2.42 bits per heavy atom. The molecule has 2 rings (SSSR count). The van der Waals surface area contributed by atoms with Crippen LogP contribution in [0.5, 0.6) is 0 Å². The molecule has 0 aliphatic heterocycles. The lowest BCUT2D eigenvalue weighted by Gasteiger charge is -2.39. The predicted molar refractivity (Wildman–Crippen MR) is 71.4 cm³/mol. The van der Waals surface area contributed by atoms with Gasteiger partial charge in [-0.15, -0.1) is 0 Å². The van der Waals surface area contributed by atoms with Crippen LogP contribution in [0.2, 0.25) is 5.02 Å². The largest absolute Gasteiger partial charge is 0.418 e. The lowest BCUT2D eigenvalue weighted by Crippen LogP contribution is -2.38. The van der Waals surface area contributed by atoms with Gasteiger partial charge in [-0.2, -0.15) is 13.2 Å². The standard InChI is InChI=1S/C14H17ClF3N/c1-8(2)9-6-10(7-9)19-13-11(14(16,17)18)4-3-5-12(13)15/h3-5,8-10,19H,6-7H2,1-2H3. The molecule has 1 aliphatic carbocycles. The van der Waals surface area contributed by atoms with E-state index in [2.05, 4.69) is 19.2 Å². The van der Waals surface area contributed by atoms with E-state index in [1.165, 1.54) is 12.1 Å². The van der Waals surface area contributed by atoms with E-state index < -0.39 is 11.7 Å². The molecular formula is C14H17ClF3N. The van der Waals surface area contributed by atoms with E-state index in [4.69, 9.17) is 11.6 Å². The summed E-state index contributed by atoms with van der Waals surface area (Å²) in [5.74, 6) is 1.17. The van der Waals surface area contributed by atoms with Gasteiger partial charge < -0.3 is 5.32 Å². The fraction of sp³-hybridized carbons (Fsp3) is 0.571. The number of para-hydroxylation sites is 1. The van der Waals surface area contributed by atoms with Gasteiger partial charge in [0, 0.05) is 6.04 Å². The molecule has 1 aromatic carbocycles. The summed E-state index contributed by atoms with van der Waals surface area (Å²) in [5, 5.41) is 3.08. The van der Waals surface area contributed by atoms with Crippen molar-refractivity contribution >= 4 is 17.3 Å². The first-order valence-electron chi connectivity index (χ1n) is 6.41. The van der Waals surface area contributed by atoms with Gasteiger partial charge in [0.1, 0.15) is 0 Å². The Bertz CT molecular complexity index is 450. The van der Waals surface area contributed by atoms with E-state index in [1.807, 2.05) is 0 Å². The van der Waals surface area contributed by atoms with Crippen molar-refractivity contribution < 1.29 is 13.2 Å². The fourth-order valence-electron chi connectivity index (χ4n) is 2.44. The smallest absolute Gasteiger partial charge is 0.381 e. The highest BCUT2D eigenvalue weighted by Crippen LogP contribution is 2.42. The van der Waals surface area contributed by atoms with Crippen molar-refractivity contribution in [3.05, 3.63) is 28.8 Å². The van der Waals surface area contributed by atoms with Crippen LogP contribution in [0, 0.1) is 11.8 Å². The van der Waals surface area contributed by atoms with Gasteiger partial charge in [0.15, 0.2) is 0 Å². The highest BCUT2D eigenvalue weighted by Gasteiger charge is 2.37. The minimum Gasteiger partial charge on any atom is -0.381 e. The summed E-state index contributed by atoms with van der Waals surface area (Å²) in [6.07, 6.45) is -2.57. The van der Waals surface area contributed by atoms with Crippen LogP contribution in [0.15, 0.2) is 18.2 Å². The first kappa shape index (κ1) is 14.5. The van der Waals surface area contributed by atoms with Crippen molar-refractivity contribution in [3.8, 4) is 0 Å². The second-order valence-electron chi connectivity index (χ2n) is 5.48. The van der Waals surface area contributed by atoms with Gasteiger partial charge in [0.05, 0.1) is 16.3 Å². The predicted octanol–water partition coefficient (Wildman–Crippen LogP) is 5.21. The molecule has 19 heavy (non-hydrogen) atoms. The zero-order chi connectivity index (χ0) is 14.2. The second kappa shape index (κ2) is 5.23. The molecule has 1 aliphatic rings. The molecule has 0 heterocycles. The van der Waals surface area contributed by atoms with Crippen LogP contribution in [0.25, 0.3) is 0 Å². The molecular weight excluding hydrogens is 275 g/mol. The zero-order valence-electron chi connectivity index (χ0n) is 10.9.